The van der Waals surface area contributed by atoms with Crippen LogP contribution in [0.5, 0.6) is 11.5 Å². The summed E-state index contributed by atoms with van der Waals surface area (Å²) < 4.78 is 10.9. The van der Waals surface area contributed by atoms with Gasteiger partial charge in [0.25, 0.3) is 0 Å². The van der Waals surface area contributed by atoms with Crippen LogP contribution in [0, 0.1) is 6.92 Å². The zero-order chi connectivity index (χ0) is 19.3. The summed E-state index contributed by atoms with van der Waals surface area (Å²) in [5, 5.41) is 10.8. The number of nitrogens with zero attached hydrogens (tertiary/aromatic N) is 1. The van der Waals surface area contributed by atoms with Crippen LogP contribution in [-0.2, 0) is 13.1 Å². The fraction of sp³-hybridized carbons (Fsp3) is 0.250. The fourth-order valence-corrected chi connectivity index (χ4v) is 3.54. The number of fused-ring (bicyclic) bond motifs is 1. The summed E-state index contributed by atoms with van der Waals surface area (Å²) in [6.07, 6.45) is -0.542. The molecule has 0 amide bonds. The van der Waals surface area contributed by atoms with Gasteiger partial charge >= 0.3 is 0 Å². The van der Waals surface area contributed by atoms with E-state index >= 15 is 0 Å². The normalized spacial score (nSPS) is 13.7. The first-order valence-electron chi connectivity index (χ1n) is 9.57. The molecule has 1 aliphatic rings. The van der Waals surface area contributed by atoms with Gasteiger partial charge in [-0.3, -0.25) is 4.90 Å². The van der Waals surface area contributed by atoms with Gasteiger partial charge in [0.05, 0.1) is 6.10 Å². The topological polar surface area (TPSA) is 41.9 Å². The van der Waals surface area contributed by atoms with Gasteiger partial charge in [-0.05, 0) is 41.3 Å². The van der Waals surface area contributed by atoms with Crippen LogP contribution in [-0.4, -0.2) is 23.3 Å². The Bertz CT molecular complexity index is 926. The standard InChI is InChI=1S/C24H25NO3/c1-18-7-5-6-10-21(18)15-25(16-22(26)20-8-3-2-4-9-20)14-19-11-12-23-24(13-19)28-17-27-23/h2-13,22,26H,14-17H2,1H3. The van der Waals surface area contributed by atoms with Crippen molar-refractivity contribution in [3.8, 4) is 11.5 Å². The first-order chi connectivity index (χ1) is 13.7. The molecule has 4 nitrogen and oxygen atoms in total. The van der Waals surface area contributed by atoms with Crippen molar-refractivity contribution in [2.45, 2.75) is 26.1 Å². The maximum absolute atomic E-state index is 10.8. The second kappa shape index (κ2) is 8.46. The summed E-state index contributed by atoms with van der Waals surface area (Å²) >= 11 is 0. The highest BCUT2D eigenvalue weighted by Gasteiger charge is 2.18. The van der Waals surface area contributed by atoms with Crippen molar-refractivity contribution >= 4 is 0 Å². The van der Waals surface area contributed by atoms with E-state index in [1.807, 2.05) is 42.5 Å². The van der Waals surface area contributed by atoms with Crippen molar-refractivity contribution < 1.29 is 14.6 Å². The van der Waals surface area contributed by atoms with E-state index in [9.17, 15) is 5.11 Å². The molecule has 0 saturated heterocycles. The van der Waals surface area contributed by atoms with Crippen molar-refractivity contribution in [1.82, 2.24) is 4.90 Å². The Labute approximate surface area is 166 Å². The molecule has 0 fully saturated rings. The Morgan fingerprint density at radius 3 is 2.46 bits per heavy atom. The fourth-order valence-electron chi connectivity index (χ4n) is 3.54. The largest absolute Gasteiger partial charge is 0.454 e. The van der Waals surface area contributed by atoms with Gasteiger partial charge in [-0.1, -0.05) is 60.7 Å². The van der Waals surface area contributed by atoms with E-state index in [0.29, 0.717) is 6.54 Å². The van der Waals surface area contributed by atoms with Crippen molar-refractivity contribution in [1.29, 1.82) is 0 Å². The zero-order valence-electron chi connectivity index (χ0n) is 16.0. The Kier molecular flexibility index (Phi) is 5.60. The molecule has 0 bridgehead atoms. The molecule has 3 aromatic rings. The molecule has 3 aromatic carbocycles. The maximum atomic E-state index is 10.8. The van der Waals surface area contributed by atoms with Gasteiger partial charge < -0.3 is 14.6 Å². The molecule has 1 aliphatic heterocycles. The predicted octanol–water partition coefficient (Wildman–Crippen LogP) is 4.46. The Hall–Kier alpha value is -2.82. The lowest BCUT2D eigenvalue weighted by molar-refractivity contribution is 0.105. The summed E-state index contributed by atoms with van der Waals surface area (Å²) in [6, 6.07) is 24.3. The summed E-state index contributed by atoms with van der Waals surface area (Å²) in [6.45, 7) is 4.44. The molecule has 0 radical (unpaired) electrons. The Morgan fingerprint density at radius 2 is 1.64 bits per heavy atom. The van der Waals surface area contributed by atoms with Gasteiger partial charge in [-0.2, -0.15) is 0 Å². The summed E-state index contributed by atoms with van der Waals surface area (Å²) in [7, 11) is 0. The lowest BCUT2D eigenvalue weighted by Gasteiger charge is -2.26. The van der Waals surface area contributed by atoms with Gasteiger partial charge in [0.2, 0.25) is 6.79 Å². The lowest BCUT2D eigenvalue weighted by Crippen LogP contribution is -2.28. The molecule has 1 atom stereocenters. The molecule has 0 aliphatic carbocycles. The number of aliphatic hydroxyl groups is 1. The maximum Gasteiger partial charge on any atom is 0.231 e. The predicted molar refractivity (Wildman–Crippen MR) is 109 cm³/mol. The molecular formula is C24H25NO3. The van der Waals surface area contributed by atoms with Crippen molar-refractivity contribution in [2.75, 3.05) is 13.3 Å². The average Bonchev–Trinajstić information content (AvgIpc) is 3.18. The van der Waals surface area contributed by atoms with E-state index in [1.54, 1.807) is 0 Å². The van der Waals surface area contributed by atoms with E-state index in [1.165, 1.54) is 11.1 Å². The third kappa shape index (κ3) is 4.35. The Morgan fingerprint density at radius 1 is 0.893 bits per heavy atom. The first-order valence-corrected chi connectivity index (χ1v) is 9.57. The quantitative estimate of drug-likeness (QED) is 0.662. The SMILES string of the molecule is Cc1ccccc1CN(Cc1ccc2c(c1)OCO2)CC(O)c1ccccc1. The van der Waals surface area contributed by atoms with Crippen LogP contribution in [0.25, 0.3) is 0 Å². The van der Waals surface area contributed by atoms with Gasteiger partial charge in [-0.15, -0.1) is 0 Å². The second-order valence-corrected chi connectivity index (χ2v) is 7.21. The Balaban J connectivity index is 1.54. The molecule has 1 N–H and O–H groups in total. The first kappa shape index (κ1) is 18.5. The summed E-state index contributed by atoms with van der Waals surface area (Å²) in [5.74, 6) is 1.58. The third-order valence-electron chi connectivity index (χ3n) is 5.11. The molecule has 0 saturated carbocycles. The number of hydrogen-bond acceptors (Lipinski definition) is 4. The number of aliphatic hydroxyl groups excluding tert-OH is 1. The van der Waals surface area contributed by atoms with E-state index in [0.717, 1.165) is 35.7 Å². The highest BCUT2D eigenvalue weighted by atomic mass is 16.7. The van der Waals surface area contributed by atoms with Crippen molar-refractivity contribution in [3.05, 3.63) is 95.1 Å². The van der Waals surface area contributed by atoms with Gasteiger partial charge in [0.15, 0.2) is 11.5 Å². The van der Waals surface area contributed by atoms with Crippen LogP contribution in [0.4, 0.5) is 0 Å². The van der Waals surface area contributed by atoms with Crippen LogP contribution in [0.2, 0.25) is 0 Å². The molecule has 4 heteroatoms. The number of aryl methyl sites for hydroxylation is 1. The van der Waals surface area contributed by atoms with Crippen LogP contribution in [0.15, 0.2) is 72.8 Å². The van der Waals surface area contributed by atoms with Gasteiger partial charge in [0.1, 0.15) is 0 Å². The van der Waals surface area contributed by atoms with Gasteiger partial charge in [0, 0.05) is 19.6 Å². The number of benzene rings is 3. The van der Waals surface area contributed by atoms with E-state index in [-0.39, 0.29) is 6.79 Å². The number of hydrogen-bond donors (Lipinski definition) is 1. The van der Waals surface area contributed by atoms with Crippen LogP contribution in [0.3, 0.4) is 0 Å². The molecule has 144 valence electrons. The van der Waals surface area contributed by atoms with Crippen LogP contribution in [0.1, 0.15) is 28.4 Å². The number of ether oxygens (including phenoxy) is 2. The van der Waals surface area contributed by atoms with Crippen molar-refractivity contribution in [2.24, 2.45) is 0 Å². The lowest BCUT2D eigenvalue weighted by atomic mass is 10.1. The van der Waals surface area contributed by atoms with Crippen LogP contribution >= 0.6 is 0 Å². The zero-order valence-corrected chi connectivity index (χ0v) is 16.0. The molecule has 1 heterocycles. The highest BCUT2D eigenvalue weighted by Crippen LogP contribution is 2.33. The third-order valence-corrected chi connectivity index (χ3v) is 5.11. The summed E-state index contributed by atoms with van der Waals surface area (Å²) in [5.41, 5.74) is 4.59. The monoisotopic (exact) mass is 375 g/mol. The van der Waals surface area contributed by atoms with Crippen molar-refractivity contribution in [3.63, 3.8) is 0 Å². The molecule has 0 spiro atoms. The second-order valence-electron chi connectivity index (χ2n) is 7.21. The molecule has 0 aromatic heterocycles. The molecule has 4 rings (SSSR count). The molecule has 1 unspecified atom stereocenters. The summed E-state index contributed by atoms with van der Waals surface area (Å²) in [4.78, 5) is 2.28. The molecule has 28 heavy (non-hydrogen) atoms. The van der Waals surface area contributed by atoms with E-state index in [2.05, 4.69) is 42.2 Å². The van der Waals surface area contributed by atoms with Crippen LogP contribution < -0.4 is 9.47 Å². The minimum absolute atomic E-state index is 0.276. The molecular weight excluding hydrogens is 350 g/mol. The smallest absolute Gasteiger partial charge is 0.231 e. The minimum atomic E-state index is -0.542. The number of rotatable bonds is 7. The average molecular weight is 375 g/mol. The highest BCUT2D eigenvalue weighted by molar-refractivity contribution is 5.44. The van der Waals surface area contributed by atoms with E-state index in [4.69, 9.17) is 9.47 Å². The minimum Gasteiger partial charge on any atom is -0.454 e. The van der Waals surface area contributed by atoms with Gasteiger partial charge in [-0.25, -0.2) is 0 Å². The van der Waals surface area contributed by atoms with E-state index < -0.39 is 6.10 Å².